The molecule has 0 saturated heterocycles. The zero-order chi connectivity index (χ0) is 100. The maximum Gasteiger partial charge on any atom is 0.166 e. The summed E-state index contributed by atoms with van der Waals surface area (Å²) in [6.45, 7) is 42.7. The Labute approximate surface area is 866 Å². The molecular formula is C133H135O3S6+5. The minimum Gasteiger partial charge on any atom is -0.457 e. The lowest BCUT2D eigenvalue weighted by Crippen LogP contribution is -2.13. The van der Waals surface area contributed by atoms with Crippen molar-refractivity contribution in [2.75, 3.05) is 0 Å². The Morgan fingerprint density at radius 3 is 0.444 bits per heavy atom. The molecule has 0 aromatic heterocycles. The first kappa shape index (κ1) is 104. The first-order valence-corrected chi connectivity index (χ1v) is 56.0. The topological polar surface area (TPSA) is 27.7 Å². The Bertz CT molecular complexity index is 6600. The van der Waals surface area contributed by atoms with Crippen molar-refractivity contribution in [3.63, 3.8) is 0 Å². The monoisotopic (exact) mass is 1970 g/mol. The SMILES string of the molecule is CC(C)(C)c1ccc(Oc2ccc([S+](c3ccc(C(C)(C)C)cc3)c3ccc(C(C)(C)C)cc3)cc2)cc1.CC(C)(C)c1ccc([S+](c2ccc(Oc3ccccc3)cc2)c2ccc(C(C)(C)C)cc2)cc1.Cc1ccc(Oc2ccc([S+](c3ccccc3)c3ccc(C(C)(C)C)cc3)cc2)cc1.c1ccc([S+](c2ccccc2)c2ccc(Sc3ccc([S+](c4ccccc4)c4ccccc4)cc3)cc2)cc1. The van der Waals surface area contributed by atoms with Crippen LogP contribution in [0.15, 0.2) is 556 Å². The van der Waals surface area contributed by atoms with Crippen LogP contribution >= 0.6 is 11.8 Å². The molecule has 0 heterocycles. The molecule has 0 bridgehead atoms. The van der Waals surface area contributed by atoms with E-state index in [0.717, 1.165) is 34.5 Å². The van der Waals surface area contributed by atoms with Crippen molar-refractivity contribution < 1.29 is 14.2 Å². The highest BCUT2D eigenvalue weighted by atomic mass is 32.2. The Morgan fingerprint density at radius 1 is 0.141 bits per heavy atom. The van der Waals surface area contributed by atoms with Crippen molar-refractivity contribution in [3.8, 4) is 34.5 Å². The third-order valence-electron chi connectivity index (χ3n) is 24.4. The first-order chi connectivity index (χ1) is 68.1. The van der Waals surface area contributed by atoms with Gasteiger partial charge in [0.1, 0.15) is 34.5 Å². The van der Waals surface area contributed by atoms with Crippen molar-refractivity contribution in [1.29, 1.82) is 0 Å². The van der Waals surface area contributed by atoms with Gasteiger partial charge in [-0.2, -0.15) is 0 Å². The van der Waals surface area contributed by atoms with Gasteiger partial charge in [-0.15, -0.1) is 0 Å². The van der Waals surface area contributed by atoms with E-state index in [9.17, 15) is 0 Å². The molecular weight excluding hydrogens is 1840 g/mol. The van der Waals surface area contributed by atoms with E-state index in [4.69, 9.17) is 14.2 Å². The molecule has 142 heavy (non-hydrogen) atoms. The average Bonchev–Trinajstić information content (AvgIpc) is 0.789. The molecule has 716 valence electrons. The maximum absolute atomic E-state index is 6.20. The summed E-state index contributed by atoms with van der Waals surface area (Å²) in [4.78, 5) is 22.3. The van der Waals surface area contributed by atoms with Gasteiger partial charge in [0.15, 0.2) is 73.4 Å². The van der Waals surface area contributed by atoms with Crippen molar-refractivity contribution in [1.82, 2.24) is 0 Å². The molecule has 1 atom stereocenters. The third kappa shape index (κ3) is 28.5. The summed E-state index contributed by atoms with van der Waals surface area (Å²) < 4.78 is 18.3. The average molecular weight is 1970 g/mol. The molecule has 0 aliphatic carbocycles. The second-order valence-electron chi connectivity index (χ2n) is 41.6. The van der Waals surface area contributed by atoms with Gasteiger partial charge < -0.3 is 14.2 Å². The number of aryl methyl sites for hydroxylation is 1. The number of hydrogen-bond acceptors (Lipinski definition) is 4. The Kier molecular flexibility index (Phi) is 34.4. The molecule has 18 rings (SSSR count). The van der Waals surface area contributed by atoms with E-state index < -0.39 is 0 Å². The van der Waals surface area contributed by atoms with Crippen LogP contribution in [0.5, 0.6) is 34.5 Å². The quantitative estimate of drug-likeness (QED) is 0.0597. The molecule has 9 heteroatoms. The zero-order valence-electron chi connectivity index (χ0n) is 85.7. The number of benzene rings is 18. The van der Waals surface area contributed by atoms with Crippen LogP contribution in [0.1, 0.15) is 164 Å². The van der Waals surface area contributed by atoms with Gasteiger partial charge in [0.25, 0.3) is 0 Å². The lowest BCUT2D eigenvalue weighted by atomic mass is 9.87. The van der Waals surface area contributed by atoms with E-state index in [1.54, 1.807) is 0 Å². The highest BCUT2D eigenvalue weighted by Crippen LogP contribution is 2.44. The fraction of sp³-hybridized carbons (Fsp3) is 0.188. The van der Waals surface area contributed by atoms with Crippen molar-refractivity contribution in [3.05, 3.63) is 512 Å². The molecule has 18 aromatic carbocycles. The Morgan fingerprint density at radius 2 is 0.268 bits per heavy atom. The van der Waals surface area contributed by atoms with Crippen LogP contribution in [0, 0.1) is 6.92 Å². The van der Waals surface area contributed by atoms with E-state index in [0.29, 0.717) is 0 Å². The van der Waals surface area contributed by atoms with E-state index in [2.05, 4.69) is 562 Å². The normalized spacial score (nSPS) is 12.0. The summed E-state index contributed by atoms with van der Waals surface area (Å²) in [6.07, 6.45) is 0. The predicted octanol–water partition coefficient (Wildman–Crippen LogP) is 37.8. The van der Waals surface area contributed by atoms with Gasteiger partial charge in [-0.25, -0.2) is 0 Å². The van der Waals surface area contributed by atoms with E-state index in [1.807, 2.05) is 54.2 Å². The second-order valence-corrected chi connectivity index (χ2v) is 52.9. The predicted molar refractivity (Wildman–Crippen MR) is 608 cm³/mol. The van der Waals surface area contributed by atoms with Crippen molar-refractivity contribution >= 4 is 66.2 Å². The first-order valence-electron chi connectivity index (χ1n) is 49.0. The molecule has 0 spiro atoms. The van der Waals surface area contributed by atoms with Crippen LogP contribution in [-0.2, 0) is 87.0 Å². The Balaban J connectivity index is 0.000000143. The second kappa shape index (κ2) is 47.1. The highest BCUT2D eigenvalue weighted by Gasteiger charge is 2.36. The highest BCUT2D eigenvalue weighted by molar-refractivity contribution is 7.99. The van der Waals surface area contributed by atoms with Gasteiger partial charge in [-0.3, -0.25) is 0 Å². The van der Waals surface area contributed by atoms with Gasteiger partial charge in [0, 0.05) is 9.79 Å². The largest absolute Gasteiger partial charge is 0.457 e. The van der Waals surface area contributed by atoms with Crippen LogP contribution in [0.3, 0.4) is 0 Å². The fourth-order valence-electron chi connectivity index (χ4n) is 16.2. The maximum atomic E-state index is 6.20. The summed E-state index contributed by atoms with van der Waals surface area (Å²) in [6, 6.07) is 170. The zero-order valence-corrected chi connectivity index (χ0v) is 90.6. The summed E-state index contributed by atoms with van der Waals surface area (Å²) in [5.41, 5.74) is 10.1. The molecule has 0 N–H and O–H groups in total. The molecule has 0 saturated carbocycles. The molecule has 0 fully saturated rings. The van der Waals surface area contributed by atoms with E-state index in [1.165, 1.54) is 122 Å². The van der Waals surface area contributed by atoms with Gasteiger partial charge in [-0.05, 0) is 352 Å². The minimum absolute atomic E-state index is 0.123. The standard InChI is InChI=1S/C36H43OS.C36H28S3.C32H35OS.C29H29OS/c1-34(2,3)26-10-16-29(17-11-26)37-30-18-24-33(25-19-30)38(31-20-12-27(13-21-31)35(4,5)6)32-22-14-28(15-23-32)36(7,8)9;1-5-13-31(14-6-1)38(32-15-7-2-8-16-32)35-25-21-29(22-26-35)37-30-23-27-36(28-24-30)39(33-17-9-3-10-18-33)34-19-11-4-12-20-34;1-31(2,3)24-12-18-28(19-13-24)34(29-20-14-25(15-21-29)32(4,5)6)30-22-16-27(17-23-30)33-26-10-8-7-9-11-26;1-22-10-14-24(15-11-22)30-25-16-20-28(21-17-25)31(26-8-6-5-7-9-26)27-18-12-23(13-19-27)29(2,3)4/h10-25H,1-9H3;1-28H;7-23H,1-6H3;5-21H,1-4H3/q+1;+2;2*+1. The van der Waals surface area contributed by atoms with Crippen LogP contribution < -0.4 is 14.2 Å². The van der Waals surface area contributed by atoms with Crippen LogP contribution in [0.4, 0.5) is 0 Å². The minimum atomic E-state index is -0.208. The molecule has 0 aliphatic heterocycles. The molecule has 0 aliphatic rings. The van der Waals surface area contributed by atoms with Crippen molar-refractivity contribution in [2.45, 2.75) is 247 Å². The van der Waals surface area contributed by atoms with Gasteiger partial charge >= 0.3 is 0 Å². The lowest BCUT2D eigenvalue weighted by Gasteiger charge is -2.20. The molecule has 3 nitrogen and oxygen atoms in total. The van der Waals surface area contributed by atoms with E-state index >= 15 is 0 Å². The smallest absolute Gasteiger partial charge is 0.166 e. The molecule has 0 amide bonds. The number of ether oxygens (including phenoxy) is 3. The number of para-hydroxylation sites is 1. The Hall–Kier alpha value is -12.5. The van der Waals surface area contributed by atoms with Crippen LogP contribution in [0.2, 0.25) is 0 Å². The fourth-order valence-corrected chi connectivity index (χ4v) is 27.3. The summed E-state index contributed by atoms with van der Waals surface area (Å²) in [5.74, 6) is 5.13. The third-order valence-corrected chi connectivity index (χ3v) is 36.6. The summed E-state index contributed by atoms with van der Waals surface area (Å²) in [7, 11) is -0.812. The van der Waals surface area contributed by atoms with Gasteiger partial charge in [-0.1, -0.05) is 336 Å². The van der Waals surface area contributed by atoms with Crippen LogP contribution in [0.25, 0.3) is 0 Å². The number of hydrogen-bond donors (Lipinski definition) is 0. The van der Waals surface area contributed by atoms with Crippen LogP contribution in [-0.4, -0.2) is 0 Å². The van der Waals surface area contributed by atoms with Gasteiger partial charge in [0.05, 0.1) is 54.5 Å². The number of rotatable bonds is 23. The molecule has 1 unspecified atom stereocenters. The molecule has 0 radical (unpaired) electrons. The van der Waals surface area contributed by atoms with E-state index in [-0.39, 0.29) is 87.0 Å². The van der Waals surface area contributed by atoms with Crippen molar-refractivity contribution in [2.24, 2.45) is 0 Å². The molecule has 18 aromatic rings. The lowest BCUT2D eigenvalue weighted by molar-refractivity contribution is 0.481. The summed E-state index contributed by atoms with van der Waals surface area (Å²) in [5, 5.41) is 0. The van der Waals surface area contributed by atoms with Gasteiger partial charge in [0.2, 0.25) is 0 Å². The summed E-state index contributed by atoms with van der Waals surface area (Å²) >= 11 is 1.82.